The lowest BCUT2D eigenvalue weighted by atomic mass is 9.72. The Morgan fingerprint density at radius 2 is 2.29 bits per heavy atom. The van der Waals surface area contributed by atoms with Gasteiger partial charge in [0, 0.05) is 5.92 Å². The van der Waals surface area contributed by atoms with Gasteiger partial charge in [0.05, 0.1) is 18.4 Å². The zero-order chi connectivity index (χ0) is 10.3. The van der Waals surface area contributed by atoms with Gasteiger partial charge in [-0.05, 0) is 5.92 Å². The number of carbonyl (C=O) groups excluding carboxylic acids is 1. The molecule has 0 spiro atoms. The number of hydrogen-bond donors (Lipinski definition) is 1. The number of cyclic esters (lactones) is 1. The fourth-order valence-corrected chi connectivity index (χ4v) is 2.28. The smallest absolute Gasteiger partial charge is 0.310 e. The van der Waals surface area contributed by atoms with E-state index in [-0.39, 0.29) is 17.8 Å². The second-order valence-corrected chi connectivity index (χ2v) is 3.93. The molecule has 4 heteroatoms. The standard InChI is InChI=1S/C10H12O4/c1-5-2-3-6-4-14-10(13)8(6)7(5)9(11)12/h2-3,5-8H,4H2,1H3,(H,11,12)/t5-,6-,7-,8+/m1/s1. The highest BCUT2D eigenvalue weighted by Gasteiger charge is 2.48. The summed E-state index contributed by atoms with van der Waals surface area (Å²) < 4.78 is 4.88. The van der Waals surface area contributed by atoms with E-state index < -0.39 is 17.8 Å². The van der Waals surface area contributed by atoms with Crippen molar-refractivity contribution in [1.29, 1.82) is 0 Å². The summed E-state index contributed by atoms with van der Waals surface area (Å²) in [5, 5.41) is 9.03. The summed E-state index contributed by atoms with van der Waals surface area (Å²) in [7, 11) is 0. The molecule has 1 N–H and O–H groups in total. The van der Waals surface area contributed by atoms with E-state index in [1.165, 1.54) is 0 Å². The van der Waals surface area contributed by atoms with Gasteiger partial charge in [0.25, 0.3) is 0 Å². The average Bonchev–Trinajstić information content (AvgIpc) is 2.47. The number of ether oxygens (including phenoxy) is 1. The van der Waals surface area contributed by atoms with E-state index in [9.17, 15) is 9.59 Å². The summed E-state index contributed by atoms with van der Waals surface area (Å²) in [4.78, 5) is 22.4. The molecule has 0 aromatic rings. The van der Waals surface area contributed by atoms with Crippen LogP contribution in [0, 0.1) is 23.7 Å². The van der Waals surface area contributed by atoms with Crippen molar-refractivity contribution in [3.8, 4) is 0 Å². The molecule has 4 nitrogen and oxygen atoms in total. The molecule has 1 aliphatic heterocycles. The summed E-state index contributed by atoms with van der Waals surface area (Å²) in [5.41, 5.74) is 0. The molecule has 0 radical (unpaired) electrons. The topological polar surface area (TPSA) is 63.6 Å². The Balaban J connectivity index is 2.33. The minimum atomic E-state index is -0.907. The van der Waals surface area contributed by atoms with E-state index in [4.69, 9.17) is 9.84 Å². The van der Waals surface area contributed by atoms with E-state index >= 15 is 0 Å². The number of carbonyl (C=O) groups is 2. The zero-order valence-electron chi connectivity index (χ0n) is 7.84. The van der Waals surface area contributed by atoms with Crippen LogP contribution in [-0.4, -0.2) is 23.7 Å². The molecule has 1 heterocycles. The van der Waals surface area contributed by atoms with E-state index in [0.717, 1.165) is 0 Å². The first-order valence-electron chi connectivity index (χ1n) is 4.69. The Hall–Kier alpha value is -1.32. The molecule has 2 aliphatic rings. The Kier molecular flexibility index (Phi) is 2.06. The van der Waals surface area contributed by atoms with Crippen LogP contribution < -0.4 is 0 Å². The van der Waals surface area contributed by atoms with Gasteiger partial charge in [-0.25, -0.2) is 0 Å². The maximum absolute atomic E-state index is 11.3. The molecule has 1 fully saturated rings. The van der Waals surface area contributed by atoms with Gasteiger partial charge in [0.15, 0.2) is 0 Å². The predicted octanol–water partition coefficient (Wildman–Crippen LogP) is 0.682. The molecule has 2 rings (SSSR count). The summed E-state index contributed by atoms with van der Waals surface area (Å²) in [5.74, 6) is -2.51. The number of rotatable bonds is 1. The molecule has 0 aromatic heterocycles. The van der Waals surface area contributed by atoms with Gasteiger partial charge in [-0.15, -0.1) is 0 Å². The van der Waals surface area contributed by atoms with Crippen LogP contribution in [0.3, 0.4) is 0 Å². The quantitative estimate of drug-likeness (QED) is 0.495. The van der Waals surface area contributed by atoms with Crippen LogP contribution in [0.25, 0.3) is 0 Å². The predicted molar refractivity (Wildman–Crippen MR) is 47.4 cm³/mol. The third kappa shape index (κ3) is 1.22. The molecular weight excluding hydrogens is 184 g/mol. The molecule has 1 saturated heterocycles. The summed E-state index contributed by atoms with van der Waals surface area (Å²) in [6, 6.07) is 0. The van der Waals surface area contributed by atoms with Gasteiger partial charge >= 0.3 is 11.9 Å². The molecule has 0 unspecified atom stereocenters. The number of esters is 1. The Morgan fingerprint density at radius 1 is 1.57 bits per heavy atom. The van der Waals surface area contributed by atoms with E-state index in [0.29, 0.717) is 6.61 Å². The van der Waals surface area contributed by atoms with Crippen LogP contribution in [-0.2, 0) is 14.3 Å². The van der Waals surface area contributed by atoms with Crippen molar-refractivity contribution >= 4 is 11.9 Å². The Bertz CT molecular complexity index is 307. The SMILES string of the molecule is C[C@@H]1C=C[C@@H]2COC(=O)[C@@H]2[C@@H]1C(=O)O. The fraction of sp³-hybridized carbons (Fsp3) is 0.600. The van der Waals surface area contributed by atoms with Crippen molar-refractivity contribution < 1.29 is 19.4 Å². The van der Waals surface area contributed by atoms with Gasteiger partial charge in [-0.3, -0.25) is 9.59 Å². The van der Waals surface area contributed by atoms with Gasteiger partial charge in [0.1, 0.15) is 0 Å². The number of fused-ring (bicyclic) bond motifs is 1. The third-order valence-corrected chi connectivity index (χ3v) is 3.05. The van der Waals surface area contributed by atoms with Crippen LogP contribution in [0.5, 0.6) is 0 Å². The molecule has 4 atom stereocenters. The fourth-order valence-electron chi connectivity index (χ4n) is 2.28. The number of carboxylic acid groups (broad SMARTS) is 1. The molecule has 1 aliphatic carbocycles. The monoisotopic (exact) mass is 196 g/mol. The number of aliphatic carboxylic acids is 1. The first-order valence-corrected chi connectivity index (χ1v) is 4.69. The van der Waals surface area contributed by atoms with Crippen molar-refractivity contribution in [2.45, 2.75) is 6.92 Å². The van der Waals surface area contributed by atoms with Crippen LogP contribution in [0.4, 0.5) is 0 Å². The van der Waals surface area contributed by atoms with Crippen molar-refractivity contribution in [3.05, 3.63) is 12.2 Å². The van der Waals surface area contributed by atoms with Crippen LogP contribution in [0.15, 0.2) is 12.2 Å². The third-order valence-electron chi connectivity index (χ3n) is 3.05. The first-order chi connectivity index (χ1) is 6.61. The van der Waals surface area contributed by atoms with Gasteiger partial charge in [-0.2, -0.15) is 0 Å². The van der Waals surface area contributed by atoms with Crippen molar-refractivity contribution in [3.63, 3.8) is 0 Å². The van der Waals surface area contributed by atoms with Crippen molar-refractivity contribution in [1.82, 2.24) is 0 Å². The Labute approximate surface area is 81.6 Å². The van der Waals surface area contributed by atoms with E-state index in [1.54, 1.807) is 0 Å². The highest BCUT2D eigenvalue weighted by atomic mass is 16.5. The molecule has 76 valence electrons. The highest BCUT2D eigenvalue weighted by molar-refractivity contribution is 5.83. The second-order valence-electron chi connectivity index (χ2n) is 3.93. The lowest BCUT2D eigenvalue weighted by Gasteiger charge is -2.27. The molecular formula is C10H12O4. The summed E-state index contributed by atoms with van der Waals surface area (Å²) in [6.07, 6.45) is 3.77. The van der Waals surface area contributed by atoms with Gasteiger partial charge in [-0.1, -0.05) is 19.1 Å². The average molecular weight is 196 g/mol. The number of allylic oxidation sites excluding steroid dienone is 1. The summed E-state index contributed by atoms with van der Waals surface area (Å²) in [6.45, 7) is 2.15. The lowest BCUT2D eigenvalue weighted by molar-refractivity contribution is -0.153. The maximum Gasteiger partial charge on any atom is 0.310 e. The largest absolute Gasteiger partial charge is 0.481 e. The molecule has 0 aromatic carbocycles. The first kappa shape index (κ1) is 9.24. The van der Waals surface area contributed by atoms with E-state index in [1.807, 2.05) is 19.1 Å². The van der Waals surface area contributed by atoms with Gasteiger partial charge in [0.2, 0.25) is 0 Å². The number of hydrogen-bond acceptors (Lipinski definition) is 3. The molecule has 14 heavy (non-hydrogen) atoms. The van der Waals surface area contributed by atoms with Crippen LogP contribution in [0.2, 0.25) is 0 Å². The van der Waals surface area contributed by atoms with Crippen molar-refractivity contribution in [2.75, 3.05) is 6.61 Å². The molecule has 0 saturated carbocycles. The second kappa shape index (κ2) is 3.12. The van der Waals surface area contributed by atoms with E-state index in [2.05, 4.69) is 0 Å². The van der Waals surface area contributed by atoms with Gasteiger partial charge < -0.3 is 9.84 Å². The lowest BCUT2D eigenvalue weighted by Crippen LogP contribution is -2.37. The number of carboxylic acids is 1. The minimum absolute atomic E-state index is 0.0419. The van der Waals surface area contributed by atoms with Crippen LogP contribution in [0.1, 0.15) is 6.92 Å². The normalized spacial score (nSPS) is 40.5. The summed E-state index contributed by atoms with van der Waals surface area (Å²) >= 11 is 0. The highest BCUT2D eigenvalue weighted by Crippen LogP contribution is 2.38. The zero-order valence-corrected chi connectivity index (χ0v) is 7.84. The Morgan fingerprint density at radius 3 is 2.93 bits per heavy atom. The molecule has 0 amide bonds. The maximum atomic E-state index is 11.3. The minimum Gasteiger partial charge on any atom is -0.481 e. The van der Waals surface area contributed by atoms with Crippen LogP contribution >= 0.6 is 0 Å². The van der Waals surface area contributed by atoms with Crippen molar-refractivity contribution in [2.24, 2.45) is 23.7 Å². The molecule has 0 bridgehead atoms.